The van der Waals surface area contributed by atoms with E-state index in [-0.39, 0.29) is 11.7 Å². The van der Waals surface area contributed by atoms with Crippen LogP contribution in [-0.2, 0) is 9.53 Å². The van der Waals surface area contributed by atoms with Crippen LogP contribution in [-0.4, -0.2) is 19.0 Å². The fourth-order valence-corrected chi connectivity index (χ4v) is 1.89. The van der Waals surface area contributed by atoms with E-state index in [0.29, 0.717) is 6.61 Å². The van der Waals surface area contributed by atoms with E-state index < -0.39 is 0 Å². The minimum atomic E-state index is 0.0359. The molecule has 2 N–H and O–H groups in total. The van der Waals surface area contributed by atoms with Gasteiger partial charge >= 0.3 is 0 Å². The zero-order chi connectivity index (χ0) is 12.1. The van der Waals surface area contributed by atoms with Gasteiger partial charge in [0, 0.05) is 18.2 Å². The molecule has 1 aromatic rings. The first-order chi connectivity index (χ1) is 8.25. The average molecular weight is 231 g/mol. The van der Waals surface area contributed by atoms with Crippen molar-refractivity contribution in [3.8, 4) is 0 Å². The standard InChI is InChI=1S/C14H17NO2/c15-13-6-3-11(4-7-13)5-8-14(16)12-2-1-9-17-10-12/h3-8,12H,1-2,9-10,15H2/b8-5+. The monoisotopic (exact) mass is 231 g/mol. The normalized spacial score (nSPS) is 20.6. The molecule has 1 aliphatic heterocycles. The van der Waals surface area contributed by atoms with Gasteiger partial charge in [-0.15, -0.1) is 0 Å². The van der Waals surface area contributed by atoms with Gasteiger partial charge in [-0.25, -0.2) is 0 Å². The molecule has 2 rings (SSSR count). The van der Waals surface area contributed by atoms with Gasteiger partial charge in [0.15, 0.2) is 5.78 Å². The van der Waals surface area contributed by atoms with Crippen molar-refractivity contribution in [1.82, 2.24) is 0 Å². The van der Waals surface area contributed by atoms with E-state index in [1.165, 1.54) is 0 Å². The molecule has 90 valence electrons. The Morgan fingerprint density at radius 3 is 2.76 bits per heavy atom. The van der Waals surface area contributed by atoms with Crippen LogP contribution in [0.2, 0.25) is 0 Å². The Morgan fingerprint density at radius 2 is 2.12 bits per heavy atom. The highest BCUT2D eigenvalue weighted by Crippen LogP contribution is 2.16. The Balaban J connectivity index is 1.95. The Kier molecular flexibility index (Phi) is 3.94. The molecule has 1 atom stereocenters. The highest BCUT2D eigenvalue weighted by atomic mass is 16.5. The number of hydrogen-bond donors (Lipinski definition) is 1. The number of allylic oxidation sites excluding steroid dienone is 1. The first-order valence-electron chi connectivity index (χ1n) is 5.91. The summed E-state index contributed by atoms with van der Waals surface area (Å²) in [6.45, 7) is 1.34. The Labute approximate surface area is 101 Å². The van der Waals surface area contributed by atoms with Crippen LogP contribution < -0.4 is 5.73 Å². The second kappa shape index (κ2) is 5.64. The molecule has 1 fully saturated rings. The molecule has 0 amide bonds. The Morgan fingerprint density at radius 1 is 1.35 bits per heavy atom. The number of carbonyl (C=O) groups excluding carboxylic acids is 1. The lowest BCUT2D eigenvalue weighted by Gasteiger charge is -2.19. The van der Waals surface area contributed by atoms with E-state index >= 15 is 0 Å². The van der Waals surface area contributed by atoms with Crippen molar-refractivity contribution in [2.75, 3.05) is 18.9 Å². The highest BCUT2D eigenvalue weighted by Gasteiger charge is 2.19. The third kappa shape index (κ3) is 3.43. The minimum Gasteiger partial charge on any atom is -0.399 e. The summed E-state index contributed by atoms with van der Waals surface area (Å²) in [5.74, 6) is 0.190. The molecule has 1 heterocycles. The van der Waals surface area contributed by atoms with E-state index in [4.69, 9.17) is 10.5 Å². The predicted molar refractivity (Wildman–Crippen MR) is 68.4 cm³/mol. The fraction of sp³-hybridized carbons (Fsp3) is 0.357. The van der Waals surface area contributed by atoms with E-state index in [1.807, 2.05) is 30.3 Å². The SMILES string of the molecule is Nc1ccc(/C=C/C(=O)C2CCCOC2)cc1. The van der Waals surface area contributed by atoms with Crippen LogP contribution in [0.15, 0.2) is 30.3 Å². The molecular weight excluding hydrogens is 214 g/mol. The second-order valence-corrected chi connectivity index (χ2v) is 4.32. The molecule has 1 aromatic carbocycles. The number of carbonyl (C=O) groups is 1. The van der Waals surface area contributed by atoms with Crippen LogP contribution >= 0.6 is 0 Å². The fourth-order valence-electron chi connectivity index (χ4n) is 1.89. The van der Waals surface area contributed by atoms with Crippen molar-refractivity contribution >= 4 is 17.5 Å². The molecular formula is C14H17NO2. The van der Waals surface area contributed by atoms with Crippen LogP contribution in [0.1, 0.15) is 18.4 Å². The first-order valence-corrected chi connectivity index (χ1v) is 5.91. The summed E-state index contributed by atoms with van der Waals surface area (Å²) < 4.78 is 5.30. The third-order valence-electron chi connectivity index (χ3n) is 2.94. The number of anilines is 1. The summed E-state index contributed by atoms with van der Waals surface area (Å²) in [7, 11) is 0. The van der Waals surface area contributed by atoms with Crippen molar-refractivity contribution in [3.05, 3.63) is 35.9 Å². The number of nitrogen functional groups attached to an aromatic ring is 1. The van der Waals surface area contributed by atoms with Crippen LogP contribution in [0.3, 0.4) is 0 Å². The summed E-state index contributed by atoms with van der Waals surface area (Å²) >= 11 is 0. The van der Waals surface area contributed by atoms with Gasteiger partial charge in [0.2, 0.25) is 0 Å². The maximum absolute atomic E-state index is 11.8. The molecule has 17 heavy (non-hydrogen) atoms. The molecule has 1 saturated heterocycles. The second-order valence-electron chi connectivity index (χ2n) is 4.32. The van der Waals surface area contributed by atoms with Gasteiger partial charge in [-0.05, 0) is 36.6 Å². The average Bonchev–Trinajstić information content (AvgIpc) is 2.39. The summed E-state index contributed by atoms with van der Waals surface area (Å²) in [5.41, 5.74) is 7.31. The van der Waals surface area contributed by atoms with Crippen molar-refractivity contribution in [2.45, 2.75) is 12.8 Å². The maximum Gasteiger partial charge on any atom is 0.161 e. The van der Waals surface area contributed by atoms with Crippen LogP contribution in [0.25, 0.3) is 6.08 Å². The number of nitrogens with two attached hydrogens (primary N) is 1. The van der Waals surface area contributed by atoms with Gasteiger partial charge in [-0.1, -0.05) is 18.2 Å². The van der Waals surface area contributed by atoms with Crippen LogP contribution in [0.5, 0.6) is 0 Å². The molecule has 1 unspecified atom stereocenters. The lowest BCUT2D eigenvalue weighted by molar-refractivity contribution is -0.121. The molecule has 0 radical (unpaired) electrons. The first kappa shape index (κ1) is 11.9. The third-order valence-corrected chi connectivity index (χ3v) is 2.94. The lowest BCUT2D eigenvalue weighted by atomic mass is 9.97. The number of ether oxygens (including phenoxy) is 1. The van der Waals surface area contributed by atoms with E-state index in [0.717, 1.165) is 30.7 Å². The molecule has 3 heteroatoms. The lowest BCUT2D eigenvalue weighted by Crippen LogP contribution is -2.23. The van der Waals surface area contributed by atoms with Gasteiger partial charge < -0.3 is 10.5 Å². The van der Waals surface area contributed by atoms with Gasteiger partial charge in [-0.3, -0.25) is 4.79 Å². The van der Waals surface area contributed by atoms with E-state index in [1.54, 1.807) is 6.08 Å². The maximum atomic E-state index is 11.8. The zero-order valence-electron chi connectivity index (χ0n) is 9.76. The molecule has 0 bridgehead atoms. The quantitative estimate of drug-likeness (QED) is 0.641. The van der Waals surface area contributed by atoms with E-state index in [2.05, 4.69) is 0 Å². The summed E-state index contributed by atoms with van der Waals surface area (Å²) in [4.78, 5) is 11.8. The number of benzene rings is 1. The smallest absolute Gasteiger partial charge is 0.161 e. The molecule has 0 saturated carbocycles. The number of rotatable bonds is 3. The van der Waals surface area contributed by atoms with E-state index in [9.17, 15) is 4.79 Å². The highest BCUT2D eigenvalue weighted by molar-refractivity contribution is 5.95. The minimum absolute atomic E-state index is 0.0359. The van der Waals surface area contributed by atoms with Crippen molar-refractivity contribution in [1.29, 1.82) is 0 Å². The van der Waals surface area contributed by atoms with Gasteiger partial charge in [0.25, 0.3) is 0 Å². The van der Waals surface area contributed by atoms with Gasteiger partial charge in [0.05, 0.1) is 6.61 Å². The summed E-state index contributed by atoms with van der Waals surface area (Å²) in [6, 6.07) is 7.45. The Hall–Kier alpha value is -1.61. The number of hydrogen-bond acceptors (Lipinski definition) is 3. The molecule has 0 spiro atoms. The number of ketones is 1. The van der Waals surface area contributed by atoms with Crippen LogP contribution in [0.4, 0.5) is 5.69 Å². The van der Waals surface area contributed by atoms with Gasteiger partial charge in [0.1, 0.15) is 0 Å². The van der Waals surface area contributed by atoms with Crippen molar-refractivity contribution in [3.63, 3.8) is 0 Å². The molecule has 0 aliphatic carbocycles. The summed E-state index contributed by atoms with van der Waals surface area (Å²) in [6.07, 6.45) is 5.39. The Bertz CT molecular complexity index is 403. The molecule has 0 aromatic heterocycles. The largest absolute Gasteiger partial charge is 0.399 e. The zero-order valence-corrected chi connectivity index (χ0v) is 9.76. The topological polar surface area (TPSA) is 52.3 Å². The summed E-state index contributed by atoms with van der Waals surface area (Å²) in [5, 5.41) is 0. The molecule has 3 nitrogen and oxygen atoms in total. The predicted octanol–water partition coefficient (Wildman–Crippen LogP) is 2.28. The van der Waals surface area contributed by atoms with Crippen molar-refractivity contribution < 1.29 is 9.53 Å². The van der Waals surface area contributed by atoms with Gasteiger partial charge in [-0.2, -0.15) is 0 Å². The molecule has 1 aliphatic rings. The van der Waals surface area contributed by atoms with Crippen LogP contribution in [0, 0.1) is 5.92 Å². The van der Waals surface area contributed by atoms with Crippen molar-refractivity contribution in [2.24, 2.45) is 5.92 Å².